The second-order valence-corrected chi connectivity index (χ2v) is 4.44. The molecule has 0 spiro atoms. The van der Waals surface area contributed by atoms with E-state index in [0.717, 1.165) is 4.90 Å². The van der Waals surface area contributed by atoms with Crippen LogP contribution < -0.4 is 0 Å². The van der Waals surface area contributed by atoms with Gasteiger partial charge in [-0.25, -0.2) is 14.6 Å². The summed E-state index contributed by atoms with van der Waals surface area (Å²) in [7, 11) is 0. The van der Waals surface area contributed by atoms with Gasteiger partial charge in [0.05, 0.1) is 17.9 Å². The molecule has 86 valence electrons. The first-order chi connectivity index (χ1) is 7.49. The molecule has 1 amide bonds. The van der Waals surface area contributed by atoms with Crippen LogP contribution in [0.1, 0.15) is 11.4 Å². The number of hydrogen-bond acceptors (Lipinski definition) is 3. The number of imidazole rings is 1. The third kappa shape index (κ3) is 1.84. The molecule has 0 aliphatic carbocycles. The molecule has 2 heterocycles. The molecule has 7 nitrogen and oxygen atoms in total. The molecule has 1 aromatic rings. The number of hydrogen-bond donors (Lipinski definition) is 3. The Kier molecular flexibility index (Phi) is 2.74. The third-order valence-corrected chi connectivity index (χ3v) is 2.97. The SMILES string of the molecule is O=C(O)[C@@H]1Cc2nc(I)[nH]c2CN1C(=O)O. The highest BCUT2D eigenvalue weighted by atomic mass is 127. The lowest BCUT2D eigenvalue weighted by Crippen LogP contribution is -2.48. The molecule has 0 bridgehead atoms. The first kappa shape index (κ1) is 11.2. The van der Waals surface area contributed by atoms with Crippen molar-refractivity contribution in [1.29, 1.82) is 0 Å². The highest BCUT2D eigenvalue weighted by Crippen LogP contribution is 2.22. The van der Waals surface area contributed by atoms with E-state index in [-0.39, 0.29) is 13.0 Å². The largest absolute Gasteiger partial charge is 0.480 e. The lowest BCUT2D eigenvalue weighted by Gasteiger charge is -2.29. The molecule has 16 heavy (non-hydrogen) atoms. The van der Waals surface area contributed by atoms with Gasteiger partial charge in [0.1, 0.15) is 6.04 Å². The zero-order valence-electron chi connectivity index (χ0n) is 7.97. The Bertz CT molecular complexity index is 419. The standard InChI is InChI=1S/C8H8IN3O4/c9-7-10-3-1-5(6(13)14)12(8(15)16)2-4(3)11-7/h5H,1-2H2,(H,10,11)(H,13,14)(H,15,16)/t5-/m0/s1. The van der Waals surface area contributed by atoms with Crippen LogP contribution in [-0.2, 0) is 17.8 Å². The van der Waals surface area contributed by atoms with Gasteiger partial charge in [-0.15, -0.1) is 0 Å². The van der Waals surface area contributed by atoms with Crippen LogP contribution in [0.4, 0.5) is 4.79 Å². The monoisotopic (exact) mass is 337 g/mol. The molecule has 0 saturated carbocycles. The van der Waals surface area contributed by atoms with Crippen molar-refractivity contribution in [3.05, 3.63) is 15.2 Å². The Labute approximate surface area is 104 Å². The Hall–Kier alpha value is -1.32. The third-order valence-electron chi connectivity index (χ3n) is 2.46. The van der Waals surface area contributed by atoms with Crippen LogP contribution in [0.5, 0.6) is 0 Å². The van der Waals surface area contributed by atoms with E-state index in [9.17, 15) is 9.59 Å². The number of nitrogens with one attached hydrogen (secondary N) is 1. The maximum Gasteiger partial charge on any atom is 0.408 e. The van der Waals surface area contributed by atoms with Crippen molar-refractivity contribution >= 4 is 34.7 Å². The number of carbonyl (C=O) groups is 2. The Morgan fingerprint density at radius 1 is 1.50 bits per heavy atom. The van der Waals surface area contributed by atoms with Gasteiger partial charge in [0, 0.05) is 6.42 Å². The van der Waals surface area contributed by atoms with Crippen molar-refractivity contribution in [3.63, 3.8) is 0 Å². The average molecular weight is 337 g/mol. The molecule has 3 N–H and O–H groups in total. The molecule has 1 aliphatic rings. The lowest BCUT2D eigenvalue weighted by molar-refractivity contribution is -0.143. The number of carboxylic acids is 1. The number of halogens is 1. The highest BCUT2D eigenvalue weighted by Gasteiger charge is 2.36. The van der Waals surface area contributed by atoms with E-state index in [1.807, 2.05) is 22.6 Å². The van der Waals surface area contributed by atoms with Crippen molar-refractivity contribution < 1.29 is 19.8 Å². The number of aromatic nitrogens is 2. The summed E-state index contributed by atoms with van der Waals surface area (Å²) in [5, 5.41) is 17.9. The molecule has 0 unspecified atom stereocenters. The molecular formula is C8H8IN3O4. The van der Waals surface area contributed by atoms with Gasteiger partial charge in [0.15, 0.2) is 3.83 Å². The summed E-state index contributed by atoms with van der Waals surface area (Å²) < 4.78 is 0.638. The highest BCUT2D eigenvalue weighted by molar-refractivity contribution is 14.1. The fourth-order valence-corrected chi connectivity index (χ4v) is 2.32. The molecule has 1 aliphatic heterocycles. The van der Waals surface area contributed by atoms with Crippen LogP contribution >= 0.6 is 22.6 Å². The van der Waals surface area contributed by atoms with Gasteiger partial charge < -0.3 is 15.2 Å². The molecule has 1 aromatic heterocycles. The Balaban J connectivity index is 2.36. The molecule has 0 aromatic carbocycles. The van der Waals surface area contributed by atoms with Crippen molar-refractivity contribution in [2.45, 2.75) is 19.0 Å². The number of rotatable bonds is 1. The second kappa shape index (κ2) is 3.92. The maximum absolute atomic E-state index is 10.9. The van der Waals surface area contributed by atoms with Crippen LogP contribution in [0.3, 0.4) is 0 Å². The van der Waals surface area contributed by atoms with E-state index >= 15 is 0 Å². The fraction of sp³-hybridized carbons (Fsp3) is 0.375. The van der Waals surface area contributed by atoms with Crippen LogP contribution in [0, 0.1) is 3.83 Å². The Morgan fingerprint density at radius 2 is 2.19 bits per heavy atom. The van der Waals surface area contributed by atoms with Gasteiger partial charge in [-0.1, -0.05) is 0 Å². The Morgan fingerprint density at radius 3 is 2.75 bits per heavy atom. The first-order valence-electron chi connectivity index (χ1n) is 4.44. The topological polar surface area (TPSA) is 107 Å². The summed E-state index contributed by atoms with van der Waals surface area (Å²) in [5.41, 5.74) is 1.30. The predicted octanol–water partition coefficient (Wildman–Crippen LogP) is 0.504. The van der Waals surface area contributed by atoms with Crippen molar-refractivity contribution in [1.82, 2.24) is 14.9 Å². The summed E-state index contributed by atoms with van der Waals surface area (Å²) >= 11 is 1.97. The number of fused-ring (bicyclic) bond motifs is 1. The van der Waals surface area contributed by atoms with E-state index in [1.54, 1.807) is 0 Å². The smallest absolute Gasteiger partial charge is 0.408 e. The van der Waals surface area contributed by atoms with Gasteiger partial charge in [0.2, 0.25) is 0 Å². The molecule has 0 radical (unpaired) electrons. The van der Waals surface area contributed by atoms with E-state index in [2.05, 4.69) is 9.97 Å². The number of H-pyrrole nitrogens is 1. The quantitative estimate of drug-likeness (QED) is 0.647. The molecular weight excluding hydrogens is 329 g/mol. The van der Waals surface area contributed by atoms with Crippen LogP contribution in [0.2, 0.25) is 0 Å². The zero-order valence-corrected chi connectivity index (χ0v) is 10.1. The van der Waals surface area contributed by atoms with Gasteiger partial charge in [-0.05, 0) is 22.6 Å². The van der Waals surface area contributed by atoms with Crippen LogP contribution in [0.15, 0.2) is 0 Å². The average Bonchev–Trinajstić information content (AvgIpc) is 2.54. The minimum absolute atomic E-state index is 0.0393. The normalized spacial score (nSPS) is 19.3. The van der Waals surface area contributed by atoms with Crippen LogP contribution in [0.25, 0.3) is 0 Å². The van der Waals surface area contributed by atoms with Crippen LogP contribution in [-0.4, -0.2) is 43.2 Å². The maximum atomic E-state index is 10.9. The van der Waals surface area contributed by atoms with Gasteiger partial charge in [-0.3, -0.25) is 4.90 Å². The van der Waals surface area contributed by atoms with Gasteiger partial charge in [0.25, 0.3) is 0 Å². The molecule has 8 heteroatoms. The fourth-order valence-electron chi connectivity index (χ4n) is 1.71. The van der Waals surface area contributed by atoms with Crippen molar-refractivity contribution in [2.24, 2.45) is 0 Å². The lowest BCUT2D eigenvalue weighted by atomic mass is 10.0. The number of carboxylic acid groups (broad SMARTS) is 2. The minimum Gasteiger partial charge on any atom is -0.480 e. The van der Waals surface area contributed by atoms with Crippen molar-refractivity contribution in [3.8, 4) is 0 Å². The molecule has 2 rings (SSSR count). The minimum atomic E-state index is -1.23. The summed E-state index contributed by atoms with van der Waals surface area (Å²) in [4.78, 5) is 29.8. The summed E-state index contributed by atoms with van der Waals surface area (Å²) in [5.74, 6) is -1.15. The molecule has 0 fully saturated rings. The van der Waals surface area contributed by atoms with E-state index in [4.69, 9.17) is 10.2 Å². The number of aromatic amines is 1. The molecule has 0 saturated heterocycles. The number of nitrogens with zero attached hydrogens (tertiary/aromatic N) is 2. The summed E-state index contributed by atoms with van der Waals surface area (Å²) in [6.45, 7) is 0.0393. The predicted molar refractivity (Wildman–Crippen MR) is 60.0 cm³/mol. The van der Waals surface area contributed by atoms with E-state index < -0.39 is 18.1 Å². The zero-order chi connectivity index (χ0) is 11.9. The molecule has 1 atom stereocenters. The first-order valence-corrected chi connectivity index (χ1v) is 5.52. The summed E-state index contributed by atoms with van der Waals surface area (Å²) in [6.07, 6.45) is -1.13. The van der Waals surface area contributed by atoms with Gasteiger partial charge in [-0.2, -0.15) is 0 Å². The number of aliphatic carboxylic acids is 1. The van der Waals surface area contributed by atoms with Crippen molar-refractivity contribution in [2.75, 3.05) is 0 Å². The van der Waals surface area contributed by atoms with E-state index in [1.165, 1.54) is 0 Å². The van der Waals surface area contributed by atoms with Gasteiger partial charge >= 0.3 is 12.1 Å². The second-order valence-electron chi connectivity index (χ2n) is 3.42. The number of amides is 1. The van der Waals surface area contributed by atoms with E-state index in [0.29, 0.717) is 15.2 Å². The summed E-state index contributed by atoms with van der Waals surface area (Å²) in [6, 6.07) is -1.05.